The summed E-state index contributed by atoms with van der Waals surface area (Å²) in [6.07, 6.45) is 1.89. The van der Waals surface area contributed by atoms with Crippen LogP contribution in [-0.2, 0) is 5.41 Å². The van der Waals surface area contributed by atoms with Gasteiger partial charge >= 0.3 is 5.97 Å². The highest BCUT2D eigenvalue weighted by molar-refractivity contribution is 5.87. The van der Waals surface area contributed by atoms with Crippen LogP contribution in [0.3, 0.4) is 0 Å². The summed E-state index contributed by atoms with van der Waals surface area (Å²) in [6, 6.07) is 6.61. The van der Waals surface area contributed by atoms with E-state index in [1.54, 1.807) is 31.2 Å². The lowest BCUT2D eigenvalue weighted by Gasteiger charge is -2.43. The summed E-state index contributed by atoms with van der Waals surface area (Å²) in [4.78, 5) is 10.7. The average molecular weight is 222 g/mol. The maximum atomic E-state index is 13.6. The van der Waals surface area contributed by atoms with Gasteiger partial charge in [-0.1, -0.05) is 18.6 Å². The van der Waals surface area contributed by atoms with Crippen molar-refractivity contribution in [2.75, 3.05) is 0 Å². The molecule has 1 atom stereocenters. The number of hydrogen-bond donors (Lipinski definition) is 1. The summed E-state index contributed by atoms with van der Waals surface area (Å²) >= 11 is 0. The Morgan fingerprint density at radius 2 is 1.94 bits per heavy atom. The third-order valence-electron chi connectivity index (χ3n) is 3.71. The summed E-state index contributed by atoms with van der Waals surface area (Å²) in [6.45, 7) is 1.59. The van der Waals surface area contributed by atoms with Crippen molar-refractivity contribution in [3.63, 3.8) is 0 Å². The summed E-state index contributed by atoms with van der Waals surface area (Å²) < 4.78 is 13.6. The zero-order valence-electron chi connectivity index (χ0n) is 9.24. The summed E-state index contributed by atoms with van der Waals surface area (Å²) in [5.41, 5.74) is 0.820. The molecular formula is C13H15FO2. The molecule has 1 aromatic rings. The number of aromatic carboxylic acids is 1. The SMILES string of the molecule is CC(F)C1(c2ccc(C(=O)O)cc2)CCC1. The zero-order chi connectivity index (χ0) is 11.8. The van der Waals surface area contributed by atoms with Gasteiger partial charge in [0.25, 0.3) is 0 Å². The lowest BCUT2D eigenvalue weighted by Crippen LogP contribution is -2.41. The molecular weight excluding hydrogens is 207 g/mol. The lowest BCUT2D eigenvalue weighted by atomic mass is 9.62. The zero-order valence-corrected chi connectivity index (χ0v) is 9.24. The van der Waals surface area contributed by atoms with Crippen LogP contribution >= 0.6 is 0 Å². The topological polar surface area (TPSA) is 37.3 Å². The van der Waals surface area contributed by atoms with E-state index in [1.807, 2.05) is 0 Å². The summed E-state index contributed by atoms with van der Waals surface area (Å²) in [7, 11) is 0. The molecule has 1 saturated carbocycles. The Hall–Kier alpha value is -1.38. The highest BCUT2D eigenvalue weighted by atomic mass is 19.1. The van der Waals surface area contributed by atoms with Crippen molar-refractivity contribution in [3.05, 3.63) is 35.4 Å². The fraction of sp³-hybridized carbons (Fsp3) is 0.462. The van der Waals surface area contributed by atoms with Crippen LogP contribution in [-0.4, -0.2) is 17.2 Å². The van der Waals surface area contributed by atoms with Gasteiger partial charge in [0.2, 0.25) is 0 Å². The van der Waals surface area contributed by atoms with Crippen LogP contribution in [0.1, 0.15) is 42.1 Å². The van der Waals surface area contributed by atoms with Crippen molar-refractivity contribution in [3.8, 4) is 0 Å². The smallest absolute Gasteiger partial charge is 0.335 e. The Morgan fingerprint density at radius 1 is 1.38 bits per heavy atom. The molecule has 0 radical (unpaired) electrons. The minimum Gasteiger partial charge on any atom is -0.478 e. The molecule has 2 rings (SSSR count). The van der Waals surface area contributed by atoms with Gasteiger partial charge in [-0.3, -0.25) is 0 Å². The Morgan fingerprint density at radius 3 is 2.25 bits per heavy atom. The van der Waals surface area contributed by atoms with E-state index < -0.39 is 12.1 Å². The highest BCUT2D eigenvalue weighted by Gasteiger charge is 2.43. The van der Waals surface area contributed by atoms with Crippen LogP contribution in [0.5, 0.6) is 0 Å². The van der Waals surface area contributed by atoms with Gasteiger partial charge in [-0.25, -0.2) is 9.18 Å². The summed E-state index contributed by atoms with van der Waals surface area (Å²) in [5.74, 6) is -0.942. The second kappa shape index (κ2) is 3.89. The van der Waals surface area contributed by atoms with Gasteiger partial charge in [0.05, 0.1) is 5.56 Å². The lowest BCUT2D eigenvalue weighted by molar-refractivity contribution is 0.0696. The van der Waals surface area contributed by atoms with Gasteiger partial charge < -0.3 is 5.11 Å². The standard InChI is InChI=1S/C13H15FO2/c1-9(14)13(7-2-8-13)11-5-3-10(4-6-11)12(15)16/h3-6,9H,2,7-8H2,1H3,(H,15,16). The first kappa shape index (κ1) is 11.1. The predicted molar refractivity (Wildman–Crippen MR) is 59.5 cm³/mol. The van der Waals surface area contributed by atoms with Gasteiger partial charge in [0.15, 0.2) is 0 Å². The number of hydrogen-bond acceptors (Lipinski definition) is 1. The van der Waals surface area contributed by atoms with E-state index in [9.17, 15) is 9.18 Å². The van der Waals surface area contributed by atoms with Gasteiger partial charge in [-0.15, -0.1) is 0 Å². The highest BCUT2D eigenvalue weighted by Crippen LogP contribution is 2.47. The molecule has 0 spiro atoms. The largest absolute Gasteiger partial charge is 0.478 e. The number of rotatable bonds is 3. The molecule has 0 aliphatic heterocycles. The third kappa shape index (κ3) is 1.60. The maximum absolute atomic E-state index is 13.6. The van der Waals surface area contributed by atoms with Crippen molar-refractivity contribution < 1.29 is 14.3 Å². The average Bonchev–Trinajstić information content (AvgIpc) is 2.16. The van der Waals surface area contributed by atoms with Gasteiger partial charge in [0.1, 0.15) is 6.17 Å². The monoisotopic (exact) mass is 222 g/mol. The maximum Gasteiger partial charge on any atom is 0.335 e. The Kier molecular flexibility index (Phi) is 2.70. The first-order valence-electron chi connectivity index (χ1n) is 5.54. The van der Waals surface area contributed by atoms with Crippen LogP contribution in [0.15, 0.2) is 24.3 Å². The van der Waals surface area contributed by atoms with E-state index in [0.29, 0.717) is 0 Å². The van der Waals surface area contributed by atoms with E-state index in [0.717, 1.165) is 24.8 Å². The van der Waals surface area contributed by atoms with Crippen LogP contribution < -0.4 is 0 Å². The minimum atomic E-state index is -0.942. The molecule has 0 saturated heterocycles. The Balaban J connectivity index is 2.30. The number of benzene rings is 1. The van der Waals surface area contributed by atoms with Crippen LogP contribution in [0.4, 0.5) is 4.39 Å². The molecule has 16 heavy (non-hydrogen) atoms. The van der Waals surface area contributed by atoms with E-state index in [1.165, 1.54) is 0 Å². The fourth-order valence-corrected chi connectivity index (χ4v) is 2.42. The molecule has 0 bridgehead atoms. The summed E-state index contributed by atoms with van der Waals surface area (Å²) in [5, 5.41) is 8.78. The fourth-order valence-electron chi connectivity index (χ4n) is 2.42. The van der Waals surface area contributed by atoms with E-state index >= 15 is 0 Å². The van der Waals surface area contributed by atoms with E-state index in [4.69, 9.17) is 5.11 Å². The molecule has 3 heteroatoms. The predicted octanol–water partition coefficient (Wildman–Crippen LogP) is 3.16. The Labute approximate surface area is 94.1 Å². The molecule has 1 unspecified atom stereocenters. The number of alkyl halides is 1. The molecule has 2 nitrogen and oxygen atoms in total. The van der Waals surface area contributed by atoms with E-state index in [2.05, 4.69) is 0 Å². The van der Waals surface area contributed by atoms with Crippen LogP contribution in [0.2, 0.25) is 0 Å². The molecule has 86 valence electrons. The molecule has 1 aromatic carbocycles. The molecule has 1 fully saturated rings. The van der Waals surface area contributed by atoms with Crippen molar-refractivity contribution in [1.82, 2.24) is 0 Å². The molecule has 0 aromatic heterocycles. The molecule has 1 N–H and O–H groups in total. The normalized spacial score (nSPS) is 19.9. The van der Waals surface area contributed by atoms with Gasteiger partial charge in [-0.05, 0) is 37.5 Å². The van der Waals surface area contributed by atoms with Crippen molar-refractivity contribution in [2.45, 2.75) is 37.8 Å². The van der Waals surface area contributed by atoms with Crippen LogP contribution in [0, 0.1) is 0 Å². The number of carboxylic acid groups (broad SMARTS) is 1. The van der Waals surface area contributed by atoms with Gasteiger partial charge in [-0.2, -0.15) is 0 Å². The number of halogens is 1. The number of carboxylic acids is 1. The molecule has 1 aliphatic carbocycles. The van der Waals surface area contributed by atoms with Crippen molar-refractivity contribution in [2.24, 2.45) is 0 Å². The quantitative estimate of drug-likeness (QED) is 0.852. The second-order valence-electron chi connectivity index (χ2n) is 4.51. The number of carbonyl (C=O) groups is 1. The van der Waals surface area contributed by atoms with Crippen molar-refractivity contribution >= 4 is 5.97 Å². The first-order chi connectivity index (χ1) is 7.56. The Bertz CT molecular complexity index is 391. The molecule has 0 amide bonds. The van der Waals surface area contributed by atoms with Gasteiger partial charge in [0, 0.05) is 5.41 Å². The third-order valence-corrected chi connectivity index (χ3v) is 3.71. The van der Waals surface area contributed by atoms with Crippen LogP contribution in [0.25, 0.3) is 0 Å². The molecule has 1 aliphatic rings. The van der Waals surface area contributed by atoms with Crippen molar-refractivity contribution in [1.29, 1.82) is 0 Å². The minimum absolute atomic E-state index is 0.254. The first-order valence-corrected chi connectivity index (χ1v) is 5.54. The van der Waals surface area contributed by atoms with E-state index in [-0.39, 0.29) is 11.0 Å². The molecule has 0 heterocycles. The second-order valence-corrected chi connectivity index (χ2v) is 4.51.